The van der Waals surface area contributed by atoms with E-state index in [1.54, 1.807) is 24.6 Å². The lowest BCUT2D eigenvalue weighted by Gasteiger charge is -2.07. The van der Waals surface area contributed by atoms with Crippen LogP contribution in [0.5, 0.6) is 5.75 Å². The van der Waals surface area contributed by atoms with Gasteiger partial charge in [0.1, 0.15) is 5.75 Å². The lowest BCUT2D eigenvalue weighted by molar-refractivity contribution is 0.468. The number of aromatic hydroxyl groups is 1. The summed E-state index contributed by atoms with van der Waals surface area (Å²) in [7, 11) is 1.76. The van der Waals surface area contributed by atoms with E-state index in [4.69, 9.17) is 0 Å². The SMILES string of the molecule is CN=c1scc(-c2ccc(C)c(C)c2)n1N=Cc1cc(Br)c(O)c(Br)c1. The summed E-state index contributed by atoms with van der Waals surface area (Å²) in [5.41, 5.74) is 5.45. The van der Waals surface area contributed by atoms with Crippen LogP contribution in [0, 0.1) is 13.8 Å². The van der Waals surface area contributed by atoms with E-state index < -0.39 is 0 Å². The highest BCUT2D eigenvalue weighted by atomic mass is 79.9. The summed E-state index contributed by atoms with van der Waals surface area (Å²) in [5.74, 6) is 0.172. The Hall–Kier alpha value is -1.70. The van der Waals surface area contributed by atoms with E-state index in [1.807, 2.05) is 16.8 Å². The Morgan fingerprint density at radius 1 is 1.08 bits per heavy atom. The van der Waals surface area contributed by atoms with Crippen LogP contribution in [0.25, 0.3) is 11.3 Å². The summed E-state index contributed by atoms with van der Waals surface area (Å²) in [5, 5.41) is 16.5. The van der Waals surface area contributed by atoms with Crippen LogP contribution in [0.15, 0.2) is 54.8 Å². The molecular weight excluding hydrogens is 478 g/mol. The molecule has 4 nitrogen and oxygen atoms in total. The zero-order chi connectivity index (χ0) is 18.8. The standard InChI is InChI=1S/C19H17Br2N3OS/c1-11-4-5-14(6-12(11)2)17-10-26-19(22-3)24(17)23-9-13-7-15(20)18(25)16(21)8-13/h4-10,25H,1-3H3. The first-order valence-electron chi connectivity index (χ1n) is 7.84. The van der Waals surface area contributed by atoms with Gasteiger partial charge < -0.3 is 5.11 Å². The third kappa shape index (κ3) is 3.84. The van der Waals surface area contributed by atoms with E-state index in [0.717, 1.165) is 21.6 Å². The molecule has 3 rings (SSSR count). The number of hydrogen-bond acceptors (Lipinski definition) is 4. The lowest BCUT2D eigenvalue weighted by atomic mass is 10.1. The molecule has 7 heteroatoms. The molecule has 0 amide bonds. The van der Waals surface area contributed by atoms with Crippen LogP contribution in [-0.2, 0) is 0 Å². The van der Waals surface area contributed by atoms with Crippen LogP contribution < -0.4 is 4.80 Å². The number of rotatable bonds is 3. The number of hydrogen-bond donors (Lipinski definition) is 1. The molecule has 0 spiro atoms. The molecule has 0 saturated heterocycles. The molecule has 0 aliphatic carbocycles. The molecule has 0 aliphatic rings. The van der Waals surface area contributed by atoms with Crippen molar-refractivity contribution in [2.24, 2.45) is 10.1 Å². The average molecular weight is 495 g/mol. The summed E-state index contributed by atoms with van der Waals surface area (Å²) in [6.45, 7) is 4.21. The van der Waals surface area contributed by atoms with Crippen molar-refractivity contribution < 1.29 is 5.11 Å². The van der Waals surface area contributed by atoms with E-state index in [9.17, 15) is 5.11 Å². The van der Waals surface area contributed by atoms with Gasteiger partial charge in [0, 0.05) is 18.0 Å². The first-order valence-corrected chi connectivity index (χ1v) is 10.3. The fraction of sp³-hybridized carbons (Fsp3) is 0.158. The monoisotopic (exact) mass is 493 g/mol. The summed E-state index contributed by atoms with van der Waals surface area (Å²) in [6, 6.07) is 10.0. The van der Waals surface area contributed by atoms with Crippen molar-refractivity contribution in [1.29, 1.82) is 0 Å². The summed E-state index contributed by atoms with van der Waals surface area (Å²) >= 11 is 8.24. The Kier molecular flexibility index (Phi) is 5.79. The van der Waals surface area contributed by atoms with Crippen molar-refractivity contribution in [3.05, 3.63) is 66.1 Å². The van der Waals surface area contributed by atoms with E-state index >= 15 is 0 Å². The number of phenolic OH excluding ortho intramolecular Hbond substituents is 1. The molecule has 0 radical (unpaired) electrons. The zero-order valence-electron chi connectivity index (χ0n) is 14.5. The Balaban J connectivity index is 2.08. The maximum absolute atomic E-state index is 9.85. The number of aromatic nitrogens is 1. The number of benzene rings is 2. The summed E-state index contributed by atoms with van der Waals surface area (Å²) < 4.78 is 3.06. The van der Waals surface area contributed by atoms with E-state index in [2.05, 4.69) is 79.4 Å². The number of aryl methyl sites for hydroxylation is 2. The van der Waals surface area contributed by atoms with Gasteiger partial charge in [-0.3, -0.25) is 4.99 Å². The van der Waals surface area contributed by atoms with Crippen LogP contribution in [0.4, 0.5) is 0 Å². The summed E-state index contributed by atoms with van der Waals surface area (Å²) in [6.07, 6.45) is 1.75. The Morgan fingerprint density at radius 2 is 1.77 bits per heavy atom. The van der Waals surface area contributed by atoms with Gasteiger partial charge in [0.05, 0.1) is 20.9 Å². The predicted molar refractivity (Wildman–Crippen MR) is 115 cm³/mol. The molecule has 2 aromatic carbocycles. The molecule has 1 aromatic heterocycles. The molecule has 3 aromatic rings. The first kappa shape index (κ1) is 19.1. The highest BCUT2D eigenvalue weighted by molar-refractivity contribution is 9.11. The van der Waals surface area contributed by atoms with Crippen molar-refractivity contribution in [2.45, 2.75) is 13.8 Å². The third-order valence-corrected chi connectivity index (χ3v) is 6.16. The number of halogens is 2. The van der Waals surface area contributed by atoms with E-state index in [1.165, 1.54) is 11.1 Å². The fourth-order valence-electron chi connectivity index (χ4n) is 2.45. The quantitative estimate of drug-likeness (QED) is 0.481. The first-order chi connectivity index (χ1) is 12.4. The van der Waals surface area contributed by atoms with Gasteiger partial charge in [-0.25, -0.2) is 4.68 Å². The van der Waals surface area contributed by atoms with Gasteiger partial charge in [-0.05, 0) is 80.6 Å². The van der Waals surface area contributed by atoms with Crippen LogP contribution >= 0.6 is 43.2 Å². The van der Waals surface area contributed by atoms with Gasteiger partial charge in [0.2, 0.25) is 4.80 Å². The smallest absolute Gasteiger partial charge is 0.205 e. The van der Waals surface area contributed by atoms with Crippen molar-refractivity contribution in [3.8, 4) is 17.0 Å². The van der Waals surface area contributed by atoms with Gasteiger partial charge >= 0.3 is 0 Å². The number of phenols is 1. The van der Waals surface area contributed by atoms with Crippen molar-refractivity contribution in [2.75, 3.05) is 7.05 Å². The minimum atomic E-state index is 0.172. The molecule has 0 saturated carbocycles. The van der Waals surface area contributed by atoms with Crippen LogP contribution in [-0.4, -0.2) is 23.0 Å². The number of nitrogens with zero attached hydrogens (tertiary/aromatic N) is 3. The maximum atomic E-state index is 9.85. The Morgan fingerprint density at radius 3 is 2.38 bits per heavy atom. The van der Waals surface area contributed by atoms with Gasteiger partial charge in [0.15, 0.2) is 0 Å². The zero-order valence-corrected chi connectivity index (χ0v) is 18.5. The van der Waals surface area contributed by atoms with Gasteiger partial charge in [-0.2, -0.15) is 5.10 Å². The van der Waals surface area contributed by atoms with Crippen LogP contribution in [0.3, 0.4) is 0 Å². The van der Waals surface area contributed by atoms with Gasteiger partial charge in [0.25, 0.3) is 0 Å². The third-order valence-electron chi connectivity index (χ3n) is 4.04. The molecule has 0 aliphatic heterocycles. The average Bonchev–Trinajstić information content (AvgIpc) is 3.03. The topological polar surface area (TPSA) is 49.9 Å². The molecule has 26 heavy (non-hydrogen) atoms. The second-order valence-corrected chi connectivity index (χ2v) is 8.36. The van der Waals surface area contributed by atoms with Crippen LogP contribution in [0.1, 0.15) is 16.7 Å². The molecule has 0 fully saturated rings. The largest absolute Gasteiger partial charge is 0.506 e. The normalized spacial score (nSPS) is 12.3. The van der Waals surface area contributed by atoms with Crippen LogP contribution in [0.2, 0.25) is 0 Å². The van der Waals surface area contributed by atoms with Crippen molar-refractivity contribution in [3.63, 3.8) is 0 Å². The predicted octanol–water partition coefficient (Wildman–Crippen LogP) is 5.48. The number of thiazole rings is 1. The maximum Gasteiger partial charge on any atom is 0.205 e. The molecule has 0 atom stereocenters. The molecule has 0 bridgehead atoms. The molecule has 134 valence electrons. The second-order valence-electron chi connectivity index (χ2n) is 5.82. The lowest BCUT2D eigenvalue weighted by Crippen LogP contribution is -2.11. The fourth-order valence-corrected chi connectivity index (χ4v) is 4.47. The highest BCUT2D eigenvalue weighted by Gasteiger charge is 2.09. The second kappa shape index (κ2) is 7.90. The Bertz CT molecular complexity index is 1040. The molecular formula is C19H17Br2N3OS. The molecule has 1 heterocycles. The van der Waals surface area contributed by atoms with Crippen molar-refractivity contribution >= 4 is 49.4 Å². The van der Waals surface area contributed by atoms with Crippen molar-refractivity contribution in [1.82, 2.24) is 4.68 Å². The minimum absolute atomic E-state index is 0.172. The molecule has 1 N–H and O–H groups in total. The molecule has 0 unspecified atom stereocenters. The summed E-state index contributed by atoms with van der Waals surface area (Å²) in [4.78, 5) is 5.14. The van der Waals surface area contributed by atoms with Gasteiger partial charge in [-0.15, -0.1) is 11.3 Å². The Labute approximate surface area is 172 Å². The highest BCUT2D eigenvalue weighted by Crippen LogP contribution is 2.33. The van der Waals surface area contributed by atoms with Gasteiger partial charge in [-0.1, -0.05) is 12.1 Å². The van der Waals surface area contributed by atoms with E-state index in [-0.39, 0.29) is 5.75 Å². The van der Waals surface area contributed by atoms with E-state index in [0.29, 0.717) is 8.95 Å². The minimum Gasteiger partial charge on any atom is -0.506 e.